The molecule has 1 saturated carbocycles. The molecule has 0 spiro atoms. The van der Waals surface area contributed by atoms with Gasteiger partial charge in [-0.25, -0.2) is 0 Å². The van der Waals surface area contributed by atoms with Crippen molar-refractivity contribution in [2.24, 2.45) is 10.8 Å². The van der Waals surface area contributed by atoms with Gasteiger partial charge in [0.25, 0.3) is 0 Å². The van der Waals surface area contributed by atoms with E-state index >= 15 is 0 Å². The monoisotopic (exact) mass is 257 g/mol. The molecule has 0 aromatic rings. The summed E-state index contributed by atoms with van der Waals surface area (Å²) in [6.07, 6.45) is 4.61. The summed E-state index contributed by atoms with van der Waals surface area (Å²) in [4.78, 5) is 12.3. The molecule has 1 rings (SSSR count). The molecule has 18 heavy (non-hydrogen) atoms. The van der Waals surface area contributed by atoms with Gasteiger partial charge < -0.3 is 15.2 Å². The lowest BCUT2D eigenvalue weighted by molar-refractivity contribution is -0.138. The topological polar surface area (TPSA) is 58.6 Å². The maximum Gasteiger partial charge on any atom is 0.226 e. The normalized spacial score (nSPS) is 18.2. The van der Waals surface area contributed by atoms with Gasteiger partial charge >= 0.3 is 0 Å². The van der Waals surface area contributed by atoms with Crippen LogP contribution in [0.2, 0.25) is 0 Å². The molecule has 1 amide bonds. The van der Waals surface area contributed by atoms with Gasteiger partial charge in [-0.05, 0) is 31.1 Å². The van der Waals surface area contributed by atoms with E-state index in [0.29, 0.717) is 19.6 Å². The molecule has 1 fully saturated rings. The second-order valence-corrected chi connectivity index (χ2v) is 6.20. The third kappa shape index (κ3) is 3.95. The minimum absolute atomic E-state index is 0.0450. The first-order chi connectivity index (χ1) is 8.46. The fourth-order valence-corrected chi connectivity index (χ4v) is 2.39. The van der Waals surface area contributed by atoms with E-state index in [0.717, 1.165) is 25.7 Å². The van der Waals surface area contributed by atoms with E-state index in [9.17, 15) is 4.79 Å². The second kappa shape index (κ2) is 6.53. The first kappa shape index (κ1) is 15.4. The number of hydrogen-bond donors (Lipinski definition) is 2. The summed E-state index contributed by atoms with van der Waals surface area (Å²) in [7, 11) is 1.68. The van der Waals surface area contributed by atoms with Crippen molar-refractivity contribution >= 4 is 5.91 Å². The first-order valence-corrected chi connectivity index (χ1v) is 6.84. The van der Waals surface area contributed by atoms with E-state index < -0.39 is 0 Å². The van der Waals surface area contributed by atoms with E-state index in [4.69, 9.17) is 9.84 Å². The van der Waals surface area contributed by atoms with Gasteiger partial charge in [-0.15, -0.1) is 0 Å². The van der Waals surface area contributed by atoms with Crippen LogP contribution in [0.3, 0.4) is 0 Å². The Morgan fingerprint density at radius 1 is 1.44 bits per heavy atom. The fraction of sp³-hybridized carbons (Fsp3) is 0.929. The summed E-state index contributed by atoms with van der Waals surface area (Å²) in [5.41, 5.74) is -0.234. The number of methoxy groups -OCH3 is 1. The van der Waals surface area contributed by atoms with Crippen molar-refractivity contribution in [3.63, 3.8) is 0 Å². The second-order valence-electron chi connectivity index (χ2n) is 6.20. The van der Waals surface area contributed by atoms with Crippen LogP contribution < -0.4 is 5.32 Å². The molecule has 0 unspecified atom stereocenters. The Kier molecular flexibility index (Phi) is 5.60. The minimum Gasteiger partial charge on any atom is -0.396 e. The summed E-state index contributed by atoms with van der Waals surface area (Å²) < 4.78 is 5.09. The van der Waals surface area contributed by atoms with Crippen LogP contribution in [0.5, 0.6) is 0 Å². The van der Waals surface area contributed by atoms with E-state index in [1.165, 1.54) is 0 Å². The molecule has 2 N–H and O–H groups in total. The van der Waals surface area contributed by atoms with Crippen LogP contribution in [-0.2, 0) is 9.53 Å². The minimum atomic E-state index is -0.189. The average molecular weight is 257 g/mol. The Bertz CT molecular complexity index is 272. The summed E-state index contributed by atoms with van der Waals surface area (Å²) in [5.74, 6) is 0.164. The molecule has 0 heterocycles. The molecular weight excluding hydrogens is 230 g/mol. The van der Waals surface area contributed by atoms with Crippen molar-refractivity contribution in [2.75, 3.05) is 26.9 Å². The average Bonchev–Trinajstić information content (AvgIpc) is 2.25. The van der Waals surface area contributed by atoms with Crippen molar-refractivity contribution in [2.45, 2.75) is 46.0 Å². The molecule has 0 bridgehead atoms. The predicted octanol–water partition coefficient (Wildman–Crippen LogP) is 1.72. The lowest BCUT2D eigenvalue weighted by Gasteiger charge is -2.41. The molecule has 106 valence electrons. The summed E-state index contributed by atoms with van der Waals surface area (Å²) >= 11 is 0. The van der Waals surface area contributed by atoms with Crippen molar-refractivity contribution in [1.82, 2.24) is 5.32 Å². The number of rotatable bonds is 8. The zero-order valence-electron chi connectivity index (χ0n) is 11.9. The van der Waals surface area contributed by atoms with Gasteiger partial charge in [-0.2, -0.15) is 0 Å². The van der Waals surface area contributed by atoms with Crippen LogP contribution in [-0.4, -0.2) is 37.9 Å². The summed E-state index contributed by atoms with van der Waals surface area (Å²) in [6, 6.07) is 0. The molecule has 4 nitrogen and oxygen atoms in total. The predicted molar refractivity (Wildman–Crippen MR) is 71.3 cm³/mol. The highest BCUT2D eigenvalue weighted by Gasteiger charge is 2.43. The highest BCUT2D eigenvalue weighted by Crippen LogP contribution is 2.44. The Hall–Kier alpha value is -0.610. The molecule has 4 heteroatoms. The number of carbonyl (C=O) groups is 1. The molecule has 0 aromatic carbocycles. The third-order valence-electron chi connectivity index (χ3n) is 4.09. The number of hydrogen-bond acceptors (Lipinski definition) is 3. The largest absolute Gasteiger partial charge is 0.396 e. The van der Waals surface area contributed by atoms with Gasteiger partial charge in [-0.3, -0.25) is 4.79 Å². The van der Waals surface area contributed by atoms with E-state index in [-0.39, 0.29) is 23.3 Å². The van der Waals surface area contributed by atoms with E-state index in [1.54, 1.807) is 7.11 Å². The molecule has 0 aromatic heterocycles. The van der Waals surface area contributed by atoms with Crippen LogP contribution in [0.4, 0.5) is 0 Å². The van der Waals surface area contributed by atoms with Crippen LogP contribution in [0.15, 0.2) is 0 Å². The SMILES string of the molecule is COCCC1(C(=O)NCC(C)(C)CCO)CCC1. The van der Waals surface area contributed by atoms with E-state index in [1.807, 2.05) is 0 Å². The zero-order valence-corrected chi connectivity index (χ0v) is 11.9. The van der Waals surface area contributed by atoms with Gasteiger partial charge in [0, 0.05) is 26.9 Å². The van der Waals surface area contributed by atoms with Gasteiger partial charge in [0.05, 0.1) is 5.41 Å². The number of ether oxygens (including phenoxy) is 1. The van der Waals surface area contributed by atoms with Crippen LogP contribution in [0.1, 0.15) is 46.0 Å². The van der Waals surface area contributed by atoms with Crippen molar-refractivity contribution in [1.29, 1.82) is 0 Å². The van der Waals surface area contributed by atoms with Crippen molar-refractivity contribution in [3.8, 4) is 0 Å². The molecule has 1 aliphatic rings. The highest BCUT2D eigenvalue weighted by molar-refractivity contribution is 5.83. The lowest BCUT2D eigenvalue weighted by Crippen LogP contribution is -2.48. The molecule has 0 aliphatic heterocycles. The molecule has 0 saturated heterocycles. The zero-order chi connectivity index (χ0) is 13.6. The summed E-state index contributed by atoms with van der Waals surface area (Å²) in [5, 5.41) is 12.0. The first-order valence-electron chi connectivity index (χ1n) is 6.84. The van der Waals surface area contributed by atoms with Gasteiger partial charge in [-0.1, -0.05) is 20.3 Å². The molecule has 1 aliphatic carbocycles. The Morgan fingerprint density at radius 3 is 2.56 bits per heavy atom. The lowest BCUT2D eigenvalue weighted by atomic mass is 9.66. The van der Waals surface area contributed by atoms with Gasteiger partial charge in [0.2, 0.25) is 5.91 Å². The number of nitrogens with one attached hydrogen (secondary N) is 1. The van der Waals surface area contributed by atoms with Crippen LogP contribution in [0.25, 0.3) is 0 Å². The van der Waals surface area contributed by atoms with Gasteiger partial charge in [0.1, 0.15) is 0 Å². The number of carbonyl (C=O) groups excluding carboxylic acids is 1. The maximum absolute atomic E-state index is 12.3. The number of aliphatic hydroxyl groups excluding tert-OH is 1. The maximum atomic E-state index is 12.3. The quantitative estimate of drug-likeness (QED) is 0.696. The van der Waals surface area contributed by atoms with Crippen molar-refractivity contribution in [3.05, 3.63) is 0 Å². The number of aliphatic hydroxyl groups is 1. The van der Waals surface area contributed by atoms with E-state index in [2.05, 4.69) is 19.2 Å². The van der Waals surface area contributed by atoms with Crippen molar-refractivity contribution < 1.29 is 14.6 Å². The van der Waals surface area contributed by atoms with Gasteiger partial charge in [0.15, 0.2) is 0 Å². The van der Waals surface area contributed by atoms with Crippen LogP contribution in [0, 0.1) is 10.8 Å². The smallest absolute Gasteiger partial charge is 0.226 e. The Morgan fingerprint density at radius 2 is 2.11 bits per heavy atom. The molecular formula is C14H27NO3. The Balaban J connectivity index is 2.43. The standard InChI is InChI=1S/C14H27NO3/c1-13(2,7-9-16)11-15-12(17)14(5-4-6-14)8-10-18-3/h16H,4-11H2,1-3H3,(H,15,17). The highest BCUT2D eigenvalue weighted by atomic mass is 16.5. The Labute approximate surface area is 110 Å². The third-order valence-corrected chi connectivity index (χ3v) is 4.09. The fourth-order valence-electron chi connectivity index (χ4n) is 2.39. The summed E-state index contributed by atoms with van der Waals surface area (Å²) in [6.45, 7) is 5.56. The van der Waals surface area contributed by atoms with Crippen LogP contribution >= 0.6 is 0 Å². The molecule has 0 radical (unpaired) electrons. The number of amides is 1. The molecule has 0 atom stereocenters.